The molecule has 1 amide bonds. The molecule has 0 radical (unpaired) electrons. The van der Waals surface area contributed by atoms with Crippen LogP contribution in [0.15, 0.2) is 42.6 Å². The Hall–Kier alpha value is -2.61. The van der Waals surface area contributed by atoms with Crippen LogP contribution < -0.4 is 10.1 Å². The van der Waals surface area contributed by atoms with Gasteiger partial charge in [0, 0.05) is 19.0 Å². The Labute approximate surface area is 136 Å². The lowest BCUT2D eigenvalue weighted by Crippen LogP contribution is -2.19. The van der Waals surface area contributed by atoms with Crippen LogP contribution in [0, 0.1) is 0 Å². The highest BCUT2D eigenvalue weighted by Crippen LogP contribution is 2.20. The molecule has 0 aliphatic heterocycles. The number of ether oxygens (including phenoxy) is 2. The molecule has 2 aromatic rings. The van der Waals surface area contributed by atoms with Gasteiger partial charge in [-0.25, -0.2) is 0 Å². The molecule has 0 fully saturated rings. The number of carbonyl (C=O) groups excluding carboxylic acids is 1. The van der Waals surface area contributed by atoms with Crippen molar-refractivity contribution in [2.75, 3.05) is 19.0 Å². The standard InChI is InChI=1S/C16H15F3N2O3/c1-23-9-13-3-2-11(8-20-13)15(22)21-12-4-6-14(7-5-12)24-10-16(17,18)19/h2-8H,9-10H2,1H3,(H,21,22). The van der Waals surface area contributed by atoms with Gasteiger partial charge in [0.1, 0.15) is 5.75 Å². The van der Waals surface area contributed by atoms with Crippen LogP contribution in [0.1, 0.15) is 16.1 Å². The fourth-order valence-corrected chi connectivity index (χ4v) is 1.79. The van der Waals surface area contributed by atoms with Crippen molar-refractivity contribution in [1.82, 2.24) is 4.98 Å². The number of hydrogen-bond donors (Lipinski definition) is 1. The molecule has 0 aliphatic carbocycles. The van der Waals surface area contributed by atoms with Gasteiger partial charge in [-0.1, -0.05) is 0 Å². The summed E-state index contributed by atoms with van der Waals surface area (Å²) in [5.41, 5.74) is 1.48. The monoisotopic (exact) mass is 340 g/mol. The van der Waals surface area contributed by atoms with Gasteiger partial charge in [0.25, 0.3) is 5.91 Å². The van der Waals surface area contributed by atoms with Gasteiger partial charge in [-0.3, -0.25) is 9.78 Å². The van der Waals surface area contributed by atoms with Crippen molar-refractivity contribution in [3.63, 3.8) is 0 Å². The number of benzene rings is 1. The molecule has 0 unspecified atom stereocenters. The van der Waals surface area contributed by atoms with Crippen LogP contribution in [0.5, 0.6) is 5.75 Å². The summed E-state index contributed by atoms with van der Waals surface area (Å²) in [6.45, 7) is -1.01. The highest BCUT2D eigenvalue weighted by molar-refractivity contribution is 6.04. The van der Waals surface area contributed by atoms with E-state index in [2.05, 4.69) is 15.0 Å². The number of hydrogen-bond acceptors (Lipinski definition) is 4. The zero-order valence-corrected chi connectivity index (χ0v) is 12.8. The van der Waals surface area contributed by atoms with Crippen molar-refractivity contribution in [1.29, 1.82) is 0 Å². The summed E-state index contributed by atoms with van der Waals surface area (Å²) in [6.07, 6.45) is -2.97. The molecule has 1 heterocycles. The van der Waals surface area contributed by atoms with Gasteiger partial charge in [0.05, 0.1) is 17.9 Å². The maximum absolute atomic E-state index is 12.1. The number of nitrogens with one attached hydrogen (secondary N) is 1. The first-order valence-corrected chi connectivity index (χ1v) is 6.92. The van der Waals surface area contributed by atoms with E-state index in [1.807, 2.05) is 0 Å². The molecule has 2 rings (SSSR count). The first-order chi connectivity index (χ1) is 11.4. The number of anilines is 1. The molecule has 1 aromatic carbocycles. The van der Waals surface area contributed by atoms with E-state index in [9.17, 15) is 18.0 Å². The number of methoxy groups -OCH3 is 1. The van der Waals surface area contributed by atoms with Gasteiger partial charge in [0.2, 0.25) is 0 Å². The third kappa shape index (κ3) is 5.54. The normalized spacial score (nSPS) is 11.2. The molecule has 0 atom stereocenters. The predicted octanol–water partition coefficient (Wildman–Crippen LogP) is 3.42. The number of nitrogens with zero attached hydrogens (tertiary/aromatic N) is 1. The Kier molecular flexibility index (Phi) is 5.75. The maximum Gasteiger partial charge on any atom is 0.422 e. The Morgan fingerprint density at radius 3 is 2.42 bits per heavy atom. The highest BCUT2D eigenvalue weighted by atomic mass is 19.4. The fraction of sp³-hybridized carbons (Fsp3) is 0.250. The smallest absolute Gasteiger partial charge is 0.422 e. The van der Waals surface area contributed by atoms with E-state index in [4.69, 9.17) is 4.74 Å². The van der Waals surface area contributed by atoms with Crippen LogP contribution in [0.4, 0.5) is 18.9 Å². The second-order valence-electron chi connectivity index (χ2n) is 4.85. The van der Waals surface area contributed by atoms with Crippen molar-refractivity contribution in [2.24, 2.45) is 0 Å². The molecule has 1 N–H and O–H groups in total. The lowest BCUT2D eigenvalue weighted by Gasteiger charge is -2.10. The molecule has 24 heavy (non-hydrogen) atoms. The zero-order valence-electron chi connectivity index (χ0n) is 12.8. The number of pyridine rings is 1. The zero-order chi connectivity index (χ0) is 17.6. The third-order valence-electron chi connectivity index (χ3n) is 2.89. The van der Waals surface area contributed by atoms with Gasteiger partial charge in [-0.15, -0.1) is 0 Å². The van der Waals surface area contributed by atoms with Crippen LogP contribution in [0.3, 0.4) is 0 Å². The van der Waals surface area contributed by atoms with E-state index in [1.165, 1.54) is 30.5 Å². The van der Waals surface area contributed by atoms with Gasteiger partial charge in [0.15, 0.2) is 6.61 Å². The van der Waals surface area contributed by atoms with Gasteiger partial charge in [-0.2, -0.15) is 13.2 Å². The molecule has 0 bridgehead atoms. The molecular formula is C16H15F3N2O3. The maximum atomic E-state index is 12.1. The van der Waals surface area contributed by atoms with E-state index in [-0.39, 0.29) is 11.7 Å². The average Bonchev–Trinajstić information content (AvgIpc) is 2.54. The molecule has 128 valence electrons. The highest BCUT2D eigenvalue weighted by Gasteiger charge is 2.28. The van der Waals surface area contributed by atoms with Crippen molar-refractivity contribution in [3.8, 4) is 5.75 Å². The minimum atomic E-state index is -4.39. The first kappa shape index (κ1) is 17.7. The summed E-state index contributed by atoms with van der Waals surface area (Å²) in [5, 5.41) is 2.62. The topological polar surface area (TPSA) is 60.5 Å². The molecule has 5 nitrogen and oxygen atoms in total. The predicted molar refractivity (Wildman–Crippen MR) is 80.9 cm³/mol. The lowest BCUT2D eigenvalue weighted by molar-refractivity contribution is -0.153. The van der Waals surface area contributed by atoms with Crippen molar-refractivity contribution >= 4 is 11.6 Å². The lowest BCUT2D eigenvalue weighted by atomic mass is 10.2. The SMILES string of the molecule is COCc1ccc(C(=O)Nc2ccc(OCC(F)(F)F)cc2)cn1. The summed E-state index contributed by atoms with van der Waals surface area (Å²) in [5.74, 6) is -0.314. The largest absolute Gasteiger partial charge is 0.484 e. The summed E-state index contributed by atoms with van der Waals surface area (Å²) in [6, 6.07) is 8.89. The van der Waals surface area contributed by atoms with E-state index in [0.29, 0.717) is 23.6 Å². The van der Waals surface area contributed by atoms with Crippen molar-refractivity contribution < 1.29 is 27.4 Å². The number of carbonyl (C=O) groups is 1. The number of aromatic nitrogens is 1. The second kappa shape index (κ2) is 7.78. The van der Waals surface area contributed by atoms with Crippen LogP contribution in [-0.2, 0) is 11.3 Å². The Balaban J connectivity index is 1.94. The van der Waals surface area contributed by atoms with Gasteiger partial charge >= 0.3 is 6.18 Å². The molecule has 0 saturated heterocycles. The Bertz CT molecular complexity index is 670. The Morgan fingerprint density at radius 1 is 1.17 bits per heavy atom. The minimum absolute atomic E-state index is 0.0657. The van der Waals surface area contributed by atoms with Crippen molar-refractivity contribution in [2.45, 2.75) is 12.8 Å². The summed E-state index contributed by atoms with van der Waals surface area (Å²) in [7, 11) is 1.55. The number of halogens is 3. The molecule has 8 heteroatoms. The summed E-state index contributed by atoms with van der Waals surface area (Å²) >= 11 is 0. The molecule has 0 spiro atoms. The summed E-state index contributed by atoms with van der Waals surface area (Å²) in [4.78, 5) is 16.1. The van der Waals surface area contributed by atoms with E-state index in [1.54, 1.807) is 19.2 Å². The number of amides is 1. The van der Waals surface area contributed by atoms with Crippen molar-refractivity contribution in [3.05, 3.63) is 53.9 Å². The first-order valence-electron chi connectivity index (χ1n) is 6.92. The van der Waals surface area contributed by atoms with E-state index >= 15 is 0 Å². The minimum Gasteiger partial charge on any atom is -0.484 e. The van der Waals surface area contributed by atoms with Crippen LogP contribution in [0.25, 0.3) is 0 Å². The van der Waals surface area contributed by atoms with E-state index < -0.39 is 12.8 Å². The van der Waals surface area contributed by atoms with Gasteiger partial charge in [-0.05, 0) is 36.4 Å². The molecule has 1 aromatic heterocycles. The molecular weight excluding hydrogens is 325 g/mol. The van der Waals surface area contributed by atoms with Crippen LogP contribution >= 0.6 is 0 Å². The fourth-order valence-electron chi connectivity index (χ4n) is 1.79. The average molecular weight is 340 g/mol. The van der Waals surface area contributed by atoms with Gasteiger partial charge < -0.3 is 14.8 Å². The van der Waals surface area contributed by atoms with E-state index in [0.717, 1.165) is 0 Å². The summed E-state index contributed by atoms with van der Waals surface area (Å²) < 4.78 is 45.7. The quantitative estimate of drug-likeness (QED) is 0.875. The number of alkyl halides is 3. The van der Waals surface area contributed by atoms with Crippen LogP contribution in [-0.4, -0.2) is 30.8 Å². The second-order valence-corrected chi connectivity index (χ2v) is 4.85. The third-order valence-corrected chi connectivity index (χ3v) is 2.89. The van der Waals surface area contributed by atoms with Crippen LogP contribution in [0.2, 0.25) is 0 Å². The molecule has 0 aliphatic rings. The molecule has 0 saturated carbocycles. The Morgan fingerprint density at radius 2 is 1.88 bits per heavy atom. The number of rotatable bonds is 6.